The lowest BCUT2D eigenvalue weighted by Crippen LogP contribution is -2.34. The van der Waals surface area contributed by atoms with Gasteiger partial charge in [-0.05, 0) is 38.0 Å². The van der Waals surface area contributed by atoms with Crippen LogP contribution in [0.2, 0.25) is 0 Å². The Morgan fingerprint density at radius 1 is 1.28 bits per heavy atom. The van der Waals surface area contributed by atoms with E-state index in [1.165, 1.54) is 4.57 Å². The molecule has 2 aromatic heterocycles. The van der Waals surface area contributed by atoms with Gasteiger partial charge >= 0.3 is 5.69 Å². The molecule has 29 heavy (non-hydrogen) atoms. The molecule has 0 unspecified atom stereocenters. The second-order valence-electron chi connectivity index (χ2n) is 6.99. The number of aromatic nitrogens is 3. The minimum Gasteiger partial charge on any atom is -0.492 e. The van der Waals surface area contributed by atoms with Gasteiger partial charge in [-0.1, -0.05) is 18.2 Å². The van der Waals surface area contributed by atoms with Gasteiger partial charge in [0.1, 0.15) is 12.4 Å². The van der Waals surface area contributed by atoms with E-state index in [-0.39, 0.29) is 35.0 Å². The van der Waals surface area contributed by atoms with Crippen molar-refractivity contribution in [2.24, 2.45) is 0 Å². The number of nitrogens with one attached hydrogen (secondary N) is 2. The summed E-state index contributed by atoms with van der Waals surface area (Å²) in [4.78, 5) is 44.4. The lowest BCUT2D eigenvalue weighted by atomic mass is 10.1. The van der Waals surface area contributed by atoms with Crippen molar-refractivity contribution in [2.45, 2.75) is 32.2 Å². The van der Waals surface area contributed by atoms with Crippen molar-refractivity contribution in [3.8, 4) is 5.75 Å². The Hall–Kier alpha value is -3.42. The number of ether oxygens (including phenoxy) is 1. The van der Waals surface area contributed by atoms with E-state index in [1.54, 1.807) is 13.0 Å². The number of carbonyl (C=O) groups is 1. The number of pyridine rings is 1. The molecule has 0 spiro atoms. The van der Waals surface area contributed by atoms with Crippen molar-refractivity contribution in [3.05, 3.63) is 68.5 Å². The Labute approximate surface area is 166 Å². The normalized spacial score (nSPS) is 13.4. The van der Waals surface area contributed by atoms with Gasteiger partial charge in [0.2, 0.25) is 0 Å². The van der Waals surface area contributed by atoms with Gasteiger partial charge in [-0.15, -0.1) is 0 Å². The van der Waals surface area contributed by atoms with Gasteiger partial charge in [0.05, 0.1) is 17.5 Å². The first-order valence-corrected chi connectivity index (χ1v) is 9.72. The zero-order valence-electron chi connectivity index (χ0n) is 16.1. The molecule has 3 aromatic rings. The summed E-state index contributed by atoms with van der Waals surface area (Å²) in [7, 11) is 0. The summed E-state index contributed by atoms with van der Waals surface area (Å²) in [6.07, 6.45) is 1.98. The smallest absolute Gasteiger partial charge is 0.329 e. The maximum atomic E-state index is 12.9. The van der Waals surface area contributed by atoms with Crippen LogP contribution >= 0.6 is 0 Å². The lowest BCUT2D eigenvalue weighted by molar-refractivity contribution is 0.0948. The monoisotopic (exact) mass is 394 g/mol. The second-order valence-corrected chi connectivity index (χ2v) is 6.99. The fourth-order valence-electron chi connectivity index (χ4n) is 3.30. The number of benzene rings is 1. The standard InChI is InChI=1S/C21H22N4O4/c1-2-25-18-17(20(27)24-21(25)28)15(12-16(23-18)13-8-9-13)19(26)22-10-11-29-14-6-4-3-5-7-14/h3-7,12-13H,2,8-11H2,1H3,(H,22,26)(H,24,27,28). The summed E-state index contributed by atoms with van der Waals surface area (Å²) in [6, 6.07) is 11.0. The Morgan fingerprint density at radius 2 is 2.03 bits per heavy atom. The van der Waals surface area contributed by atoms with Gasteiger partial charge in [-0.3, -0.25) is 19.1 Å². The fraction of sp³-hybridized carbons (Fsp3) is 0.333. The Morgan fingerprint density at radius 3 is 2.72 bits per heavy atom. The summed E-state index contributed by atoms with van der Waals surface area (Å²) in [5, 5.41) is 2.93. The summed E-state index contributed by atoms with van der Waals surface area (Å²) in [6.45, 7) is 2.72. The highest BCUT2D eigenvalue weighted by atomic mass is 16.5. The van der Waals surface area contributed by atoms with Crippen molar-refractivity contribution in [1.82, 2.24) is 19.9 Å². The third-order valence-corrected chi connectivity index (χ3v) is 4.92. The van der Waals surface area contributed by atoms with Gasteiger partial charge < -0.3 is 10.1 Å². The second kappa shape index (κ2) is 7.90. The van der Waals surface area contributed by atoms with E-state index in [2.05, 4.69) is 15.3 Å². The molecule has 1 saturated carbocycles. The van der Waals surface area contributed by atoms with Crippen LogP contribution in [-0.4, -0.2) is 33.6 Å². The largest absolute Gasteiger partial charge is 0.492 e. The molecule has 2 N–H and O–H groups in total. The number of hydrogen-bond acceptors (Lipinski definition) is 5. The molecular weight excluding hydrogens is 372 g/mol. The summed E-state index contributed by atoms with van der Waals surface area (Å²) in [5.41, 5.74) is 0.120. The Bertz CT molecular complexity index is 1160. The van der Waals surface area contributed by atoms with Crippen LogP contribution in [-0.2, 0) is 6.54 Å². The number of nitrogens with zero attached hydrogens (tertiary/aromatic N) is 2. The minimum absolute atomic E-state index is 0.136. The number of aryl methyl sites for hydroxylation is 1. The highest BCUT2D eigenvalue weighted by Crippen LogP contribution is 2.39. The van der Waals surface area contributed by atoms with Crippen LogP contribution in [0.3, 0.4) is 0 Å². The predicted octanol–water partition coefficient (Wildman–Crippen LogP) is 1.79. The molecule has 0 radical (unpaired) electrons. The molecule has 0 atom stereocenters. The van der Waals surface area contributed by atoms with Crippen molar-refractivity contribution < 1.29 is 9.53 Å². The average molecular weight is 394 g/mol. The number of rotatable bonds is 7. The van der Waals surface area contributed by atoms with Gasteiger partial charge in [0.25, 0.3) is 11.5 Å². The highest BCUT2D eigenvalue weighted by molar-refractivity contribution is 6.05. The number of H-pyrrole nitrogens is 1. The first kappa shape index (κ1) is 18.9. The van der Waals surface area contributed by atoms with E-state index >= 15 is 0 Å². The minimum atomic E-state index is -0.602. The van der Waals surface area contributed by atoms with Crippen molar-refractivity contribution in [2.75, 3.05) is 13.2 Å². The number of hydrogen-bond donors (Lipinski definition) is 2. The molecule has 8 heteroatoms. The van der Waals surface area contributed by atoms with Gasteiger partial charge in [0, 0.05) is 18.2 Å². The van der Waals surface area contributed by atoms with Crippen molar-refractivity contribution in [1.29, 1.82) is 0 Å². The summed E-state index contributed by atoms with van der Waals surface area (Å²) in [5.74, 6) is 0.602. The van der Waals surface area contributed by atoms with Crippen LogP contribution in [0.1, 0.15) is 41.7 Å². The van der Waals surface area contributed by atoms with Crippen LogP contribution in [0, 0.1) is 0 Å². The van der Waals surface area contributed by atoms with E-state index in [9.17, 15) is 14.4 Å². The van der Waals surface area contributed by atoms with Crippen LogP contribution in [0.5, 0.6) is 5.75 Å². The van der Waals surface area contributed by atoms with Gasteiger partial charge in [-0.2, -0.15) is 0 Å². The number of fused-ring (bicyclic) bond motifs is 1. The third kappa shape index (κ3) is 3.91. The van der Waals surface area contributed by atoms with Crippen LogP contribution in [0.25, 0.3) is 11.0 Å². The lowest BCUT2D eigenvalue weighted by Gasteiger charge is -2.13. The maximum absolute atomic E-state index is 12.9. The molecule has 4 rings (SSSR count). The van der Waals surface area contributed by atoms with E-state index in [0.717, 1.165) is 24.3 Å². The van der Waals surface area contributed by atoms with E-state index in [0.29, 0.717) is 13.2 Å². The fourth-order valence-corrected chi connectivity index (χ4v) is 3.30. The zero-order chi connectivity index (χ0) is 20.4. The molecule has 1 aliphatic carbocycles. The van der Waals surface area contributed by atoms with E-state index in [1.807, 2.05) is 30.3 Å². The van der Waals surface area contributed by atoms with E-state index in [4.69, 9.17) is 4.74 Å². The molecule has 8 nitrogen and oxygen atoms in total. The predicted molar refractivity (Wildman–Crippen MR) is 109 cm³/mol. The molecule has 2 heterocycles. The Kier molecular flexibility index (Phi) is 5.16. The SMILES string of the molecule is CCn1c(=O)[nH]c(=O)c2c(C(=O)NCCOc3ccccc3)cc(C3CC3)nc21. The first-order valence-electron chi connectivity index (χ1n) is 9.72. The molecule has 0 bridgehead atoms. The number of para-hydroxylation sites is 1. The molecule has 0 saturated heterocycles. The van der Waals surface area contributed by atoms with Gasteiger partial charge in [-0.25, -0.2) is 9.78 Å². The number of aromatic amines is 1. The van der Waals surface area contributed by atoms with Crippen LogP contribution in [0.15, 0.2) is 46.0 Å². The maximum Gasteiger partial charge on any atom is 0.329 e. The van der Waals surface area contributed by atoms with E-state index < -0.39 is 11.2 Å². The summed E-state index contributed by atoms with van der Waals surface area (Å²) >= 11 is 0. The number of carbonyl (C=O) groups excluding carboxylic acids is 1. The molecule has 0 aliphatic heterocycles. The van der Waals surface area contributed by atoms with Gasteiger partial charge in [0.15, 0.2) is 5.65 Å². The topological polar surface area (TPSA) is 106 Å². The average Bonchev–Trinajstić information content (AvgIpc) is 3.56. The molecule has 1 amide bonds. The molecule has 1 fully saturated rings. The van der Waals surface area contributed by atoms with Crippen molar-refractivity contribution >= 4 is 16.9 Å². The molecule has 150 valence electrons. The van der Waals surface area contributed by atoms with Crippen LogP contribution in [0.4, 0.5) is 0 Å². The molecular formula is C21H22N4O4. The van der Waals surface area contributed by atoms with Crippen molar-refractivity contribution in [3.63, 3.8) is 0 Å². The third-order valence-electron chi connectivity index (χ3n) is 4.92. The highest BCUT2D eigenvalue weighted by Gasteiger charge is 2.28. The molecule has 1 aliphatic rings. The first-order chi connectivity index (χ1) is 14.1. The quantitative estimate of drug-likeness (QED) is 0.594. The Balaban J connectivity index is 1.62. The summed E-state index contributed by atoms with van der Waals surface area (Å²) < 4.78 is 6.97. The molecule has 1 aromatic carbocycles. The van der Waals surface area contributed by atoms with Crippen LogP contribution < -0.4 is 21.3 Å². The zero-order valence-corrected chi connectivity index (χ0v) is 16.1. The number of amides is 1.